The first-order valence-electron chi connectivity index (χ1n) is 2.68. The van der Waals surface area contributed by atoms with Gasteiger partial charge in [0.15, 0.2) is 5.91 Å². The number of rotatable bonds is 0. The second kappa shape index (κ2) is 5.19. The third-order valence-electron chi connectivity index (χ3n) is 1.17. The number of carbonyl (C=O) groups excluding carboxylic acids is 1. The zero-order valence-electron chi connectivity index (χ0n) is 5.27. The molecule has 48 valence electrons. The van der Waals surface area contributed by atoms with Crippen LogP contribution in [-0.4, -0.2) is 17.4 Å². The monoisotopic (exact) mass is 197 g/mol. The van der Waals surface area contributed by atoms with Crippen LogP contribution in [0.4, 0.5) is 0 Å². The van der Waals surface area contributed by atoms with Crippen LogP contribution < -0.4 is 0 Å². The van der Waals surface area contributed by atoms with Gasteiger partial charge in [0.2, 0.25) is 0 Å². The van der Waals surface area contributed by atoms with E-state index in [0.29, 0.717) is 6.42 Å². The van der Waals surface area contributed by atoms with E-state index in [4.69, 9.17) is 9.69 Å². The Morgan fingerprint density at radius 3 is 2.33 bits per heavy atom. The average Bonchev–Trinajstić information content (AvgIpc) is 2.23. The second-order valence-electron chi connectivity index (χ2n) is 1.76. The minimum absolute atomic E-state index is 0.181. The van der Waals surface area contributed by atoms with Crippen molar-refractivity contribution in [3.05, 3.63) is 7.05 Å². The van der Waals surface area contributed by atoms with Crippen LogP contribution in [0.15, 0.2) is 0 Å². The molecule has 0 aromatic heterocycles. The summed E-state index contributed by atoms with van der Waals surface area (Å²) in [5.74, 6) is 0.181. The van der Waals surface area contributed by atoms with Crippen LogP contribution in [0.5, 0.6) is 0 Å². The van der Waals surface area contributed by atoms with E-state index in [0.717, 1.165) is 30.3 Å². The van der Waals surface area contributed by atoms with E-state index in [9.17, 15) is 4.79 Å². The molecule has 1 rings (SSSR count). The van der Waals surface area contributed by atoms with Crippen LogP contribution in [0.1, 0.15) is 12.8 Å². The van der Waals surface area contributed by atoms with Crippen molar-refractivity contribution in [1.82, 2.24) is 4.90 Å². The fraction of sp³-hybridized carbons (Fsp3) is 0.600. The molecule has 0 N–H and O–H groups in total. The van der Waals surface area contributed by atoms with Gasteiger partial charge in [-0.3, -0.25) is 11.8 Å². The Hall–Kier alpha value is 0.383. The summed E-state index contributed by atoms with van der Waals surface area (Å²) in [6.45, 7) is 0.846. The van der Waals surface area contributed by atoms with Gasteiger partial charge in [-0.25, -0.2) is 0 Å². The summed E-state index contributed by atoms with van der Waals surface area (Å²) in [6.07, 6.45) is 1.69. The molecule has 1 aliphatic rings. The normalized spacial score (nSPS) is 17.3. The Balaban J connectivity index is 0.000000291. The predicted molar refractivity (Wildman–Crippen MR) is 32.2 cm³/mol. The second-order valence-corrected chi connectivity index (χ2v) is 1.76. The molecule has 1 saturated heterocycles. The molecule has 0 atom stereocenters. The molecule has 0 saturated carbocycles. The van der Waals surface area contributed by atoms with Crippen molar-refractivity contribution in [3.8, 4) is 0 Å². The first-order chi connectivity index (χ1) is 4.30. The Bertz CT molecular complexity index is 99.0. The number of amides is 1. The summed E-state index contributed by atoms with van der Waals surface area (Å²) in [5, 5.41) is 0. The van der Waals surface area contributed by atoms with E-state index in [-0.39, 0.29) is 5.91 Å². The van der Waals surface area contributed by atoms with Crippen LogP contribution in [0.2, 0.25) is 0 Å². The SMILES string of the molecule is [CH2-]N1CCCC1=O.[Cl][Zn+]. The van der Waals surface area contributed by atoms with Crippen molar-refractivity contribution < 1.29 is 22.1 Å². The summed E-state index contributed by atoms with van der Waals surface area (Å²) < 4.78 is 0. The van der Waals surface area contributed by atoms with Gasteiger partial charge >= 0.3 is 27.0 Å². The Morgan fingerprint density at radius 2 is 2.22 bits per heavy atom. The van der Waals surface area contributed by atoms with Gasteiger partial charge < -0.3 is 4.90 Å². The number of carbonyl (C=O) groups is 1. The molecule has 2 nitrogen and oxygen atoms in total. The van der Waals surface area contributed by atoms with Crippen LogP contribution in [0.25, 0.3) is 0 Å². The van der Waals surface area contributed by atoms with Gasteiger partial charge in [-0.15, -0.1) is 0 Å². The fourth-order valence-electron chi connectivity index (χ4n) is 0.704. The van der Waals surface area contributed by atoms with Crippen LogP contribution in [0, 0.1) is 7.05 Å². The Labute approximate surface area is 69.3 Å². The molecule has 9 heavy (non-hydrogen) atoms. The van der Waals surface area contributed by atoms with Gasteiger partial charge in [-0.1, -0.05) is 0 Å². The molecule has 0 radical (unpaired) electrons. The van der Waals surface area contributed by atoms with Crippen LogP contribution >= 0.6 is 9.69 Å². The van der Waals surface area contributed by atoms with Gasteiger partial charge in [-0.2, -0.15) is 0 Å². The number of hydrogen-bond donors (Lipinski definition) is 0. The van der Waals surface area contributed by atoms with Gasteiger partial charge in [-0.05, 0) is 13.0 Å². The van der Waals surface area contributed by atoms with Crippen molar-refractivity contribution >= 4 is 15.6 Å². The van der Waals surface area contributed by atoms with Crippen molar-refractivity contribution in [3.63, 3.8) is 0 Å². The molecule has 0 aliphatic carbocycles. The number of likely N-dealkylation sites (tertiary alicyclic amines) is 1. The summed E-state index contributed by atoms with van der Waals surface area (Å²) in [7, 11) is 8.27. The minimum atomic E-state index is 0.181. The molecule has 1 fully saturated rings. The molecule has 4 heteroatoms. The third-order valence-corrected chi connectivity index (χ3v) is 1.17. The zero-order valence-corrected chi connectivity index (χ0v) is 8.99. The number of halogens is 1. The van der Waals surface area contributed by atoms with Gasteiger partial charge in [0, 0.05) is 6.42 Å². The number of nitrogens with zero attached hydrogens (tertiary/aromatic N) is 1. The summed E-state index contributed by atoms with van der Waals surface area (Å²) in [4.78, 5) is 12.0. The molecule has 0 unspecified atom stereocenters. The van der Waals surface area contributed by atoms with E-state index in [1.807, 2.05) is 0 Å². The molecule has 0 aromatic rings. The van der Waals surface area contributed by atoms with Crippen molar-refractivity contribution in [1.29, 1.82) is 0 Å². The maximum atomic E-state index is 10.4. The molecule has 1 amide bonds. The van der Waals surface area contributed by atoms with Gasteiger partial charge in [0.25, 0.3) is 0 Å². The van der Waals surface area contributed by atoms with Crippen LogP contribution in [0.3, 0.4) is 0 Å². The molecular formula is C5H8ClNOZn. The van der Waals surface area contributed by atoms with Crippen LogP contribution in [-0.2, 0) is 22.1 Å². The molecular weight excluding hydrogens is 191 g/mol. The predicted octanol–water partition coefficient (Wildman–Crippen LogP) is 1.09. The number of hydrogen-bond acceptors (Lipinski definition) is 1. The van der Waals surface area contributed by atoms with Crippen molar-refractivity contribution in [2.45, 2.75) is 12.8 Å². The van der Waals surface area contributed by atoms with Crippen molar-refractivity contribution in [2.24, 2.45) is 0 Å². The summed E-state index contributed by atoms with van der Waals surface area (Å²) in [5.41, 5.74) is 0. The zero-order chi connectivity index (χ0) is 7.28. The standard InChI is InChI=1S/C5H8NO.ClH.Zn/c1-6-4-2-3-5(6)7;;/h1-4H2;1H;/q-1;;+2/p-1. The van der Waals surface area contributed by atoms with E-state index in [1.165, 1.54) is 4.90 Å². The molecule has 0 bridgehead atoms. The van der Waals surface area contributed by atoms with Crippen molar-refractivity contribution in [2.75, 3.05) is 6.54 Å². The summed E-state index contributed by atoms with van der Waals surface area (Å²) >= 11 is 0.847. The molecule has 0 spiro atoms. The average molecular weight is 199 g/mol. The summed E-state index contributed by atoms with van der Waals surface area (Å²) in [6, 6.07) is 0. The third kappa shape index (κ3) is 3.17. The van der Waals surface area contributed by atoms with E-state index >= 15 is 0 Å². The maximum absolute atomic E-state index is 10.4. The molecule has 1 heterocycles. The van der Waals surface area contributed by atoms with E-state index in [2.05, 4.69) is 7.05 Å². The van der Waals surface area contributed by atoms with Gasteiger partial charge in [0.1, 0.15) is 0 Å². The fourth-order valence-corrected chi connectivity index (χ4v) is 0.704. The molecule has 1 aliphatic heterocycles. The first kappa shape index (κ1) is 9.38. The Kier molecular flexibility index (Phi) is 5.41. The quantitative estimate of drug-likeness (QED) is 0.422. The Morgan fingerprint density at radius 1 is 1.67 bits per heavy atom. The van der Waals surface area contributed by atoms with Gasteiger partial charge in [0.05, 0.1) is 0 Å². The first-order valence-corrected chi connectivity index (χ1v) is 6.58. The molecule has 0 aromatic carbocycles. The van der Waals surface area contributed by atoms with E-state index in [1.54, 1.807) is 0 Å². The van der Waals surface area contributed by atoms with E-state index < -0.39 is 0 Å². The topological polar surface area (TPSA) is 20.3 Å².